The van der Waals surface area contributed by atoms with Crippen molar-refractivity contribution in [3.8, 4) is 5.75 Å². The third-order valence-corrected chi connectivity index (χ3v) is 4.47. The van der Waals surface area contributed by atoms with Crippen LogP contribution in [0.4, 0.5) is 11.4 Å². The molecular weight excluding hydrogens is 394 g/mol. The van der Waals surface area contributed by atoms with Crippen LogP contribution in [0.5, 0.6) is 5.75 Å². The minimum Gasteiger partial charge on any atom is -0.484 e. The second kappa shape index (κ2) is 10.5. The van der Waals surface area contributed by atoms with Gasteiger partial charge in [0.2, 0.25) is 11.8 Å². The van der Waals surface area contributed by atoms with Gasteiger partial charge in [0.25, 0.3) is 5.91 Å². The lowest BCUT2D eigenvalue weighted by molar-refractivity contribution is -0.136. The predicted octanol–water partition coefficient (Wildman–Crippen LogP) is 3.47. The summed E-state index contributed by atoms with van der Waals surface area (Å²) in [5, 5.41) is 6.00. The minimum atomic E-state index is -0.324. The van der Waals surface area contributed by atoms with E-state index in [1.807, 2.05) is 6.92 Å². The highest BCUT2D eigenvalue weighted by molar-refractivity contribution is 6.31. The number of amides is 3. The maximum Gasteiger partial charge on any atom is 0.260 e. The molecule has 0 saturated heterocycles. The highest BCUT2D eigenvalue weighted by atomic mass is 35.5. The largest absolute Gasteiger partial charge is 0.484 e. The molecule has 3 amide bonds. The van der Waals surface area contributed by atoms with Gasteiger partial charge in [0.05, 0.1) is 6.54 Å². The van der Waals surface area contributed by atoms with Crippen LogP contribution in [0.3, 0.4) is 0 Å². The maximum atomic E-state index is 12.4. The van der Waals surface area contributed by atoms with Crippen LogP contribution in [0.2, 0.25) is 5.02 Å². The van der Waals surface area contributed by atoms with Gasteiger partial charge < -0.3 is 20.3 Å². The van der Waals surface area contributed by atoms with E-state index in [-0.39, 0.29) is 30.9 Å². The Morgan fingerprint density at radius 1 is 1.03 bits per heavy atom. The third-order valence-electron chi connectivity index (χ3n) is 4.05. The Labute approximate surface area is 175 Å². The number of nitrogens with zero attached hydrogens (tertiary/aromatic N) is 1. The van der Waals surface area contributed by atoms with Crippen LogP contribution in [0.15, 0.2) is 42.5 Å². The molecule has 2 N–H and O–H groups in total. The van der Waals surface area contributed by atoms with Gasteiger partial charge in [-0.2, -0.15) is 0 Å². The first-order valence-electron chi connectivity index (χ1n) is 9.12. The number of halogens is 1. The number of likely N-dealkylation sites (N-methyl/N-ethyl adjacent to an activating group) is 1. The third kappa shape index (κ3) is 7.12. The minimum absolute atomic E-state index is 0.0915. The van der Waals surface area contributed by atoms with Crippen molar-refractivity contribution in [2.75, 3.05) is 30.3 Å². The van der Waals surface area contributed by atoms with E-state index in [0.717, 1.165) is 5.56 Å². The lowest BCUT2D eigenvalue weighted by Gasteiger charge is -2.20. The molecule has 0 saturated carbocycles. The van der Waals surface area contributed by atoms with Crippen molar-refractivity contribution in [3.05, 3.63) is 53.1 Å². The average Bonchev–Trinajstić information content (AvgIpc) is 2.68. The summed E-state index contributed by atoms with van der Waals surface area (Å²) in [7, 11) is 0. The van der Waals surface area contributed by atoms with Gasteiger partial charge in [-0.25, -0.2) is 0 Å². The van der Waals surface area contributed by atoms with E-state index < -0.39 is 0 Å². The first-order valence-corrected chi connectivity index (χ1v) is 9.50. The van der Waals surface area contributed by atoms with Gasteiger partial charge in [0.15, 0.2) is 6.61 Å². The zero-order valence-corrected chi connectivity index (χ0v) is 17.4. The Balaban J connectivity index is 1.87. The first kappa shape index (κ1) is 22.2. The zero-order chi connectivity index (χ0) is 21.4. The summed E-state index contributed by atoms with van der Waals surface area (Å²) in [5.41, 5.74) is 2.06. The molecule has 0 aromatic heterocycles. The van der Waals surface area contributed by atoms with Gasteiger partial charge in [-0.05, 0) is 61.9 Å². The summed E-state index contributed by atoms with van der Waals surface area (Å²) in [6.07, 6.45) is 0. The quantitative estimate of drug-likeness (QED) is 0.688. The second-order valence-electron chi connectivity index (χ2n) is 6.41. The Kier molecular flexibility index (Phi) is 8.03. The van der Waals surface area contributed by atoms with Crippen molar-refractivity contribution < 1.29 is 19.1 Å². The van der Waals surface area contributed by atoms with E-state index in [0.29, 0.717) is 28.7 Å². The fourth-order valence-corrected chi connectivity index (χ4v) is 2.65. The van der Waals surface area contributed by atoms with Crippen LogP contribution >= 0.6 is 11.6 Å². The molecule has 7 nitrogen and oxygen atoms in total. The summed E-state index contributed by atoms with van der Waals surface area (Å²) >= 11 is 5.98. The molecule has 0 aliphatic carbocycles. The van der Waals surface area contributed by atoms with E-state index in [4.69, 9.17) is 16.3 Å². The van der Waals surface area contributed by atoms with Gasteiger partial charge in [-0.1, -0.05) is 11.6 Å². The summed E-state index contributed by atoms with van der Waals surface area (Å²) in [6.45, 7) is 5.17. The van der Waals surface area contributed by atoms with Crippen molar-refractivity contribution in [2.24, 2.45) is 0 Å². The van der Waals surface area contributed by atoms with E-state index in [2.05, 4.69) is 10.6 Å². The normalized spacial score (nSPS) is 10.2. The smallest absolute Gasteiger partial charge is 0.260 e. The number of ether oxygens (including phenoxy) is 1. The highest BCUT2D eigenvalue weighted by Gasteiger charge is 2.16. The van der Waals surface area contributed by atoms with Crippen molar-refractivity contribution in [3.63, 3.8) is 0 Å². The second-order valence-corrected chi connectivity index (χ2v) is 6.82. The molecular formula is C21H24ClN3O4. The Bertz CT molecular complexity index is 884. The van der Waals surface area contributed by atoms with Gasteiger partial charge in [-0.3, -0.25) is 14.4 Å². The van der Waals surface area contributed by atoms with E-state index in [9.17, 15) is 14.4 Å². The number of anilines is 2. The summed E-state index contributed by atoms with van der Waals surface area (Å²) < 4.78 is 5.52. The molecule has 0 aliphatic heterocycles. The Morgan fingerprint density at radius 2 is 1.66 bits per heavy atom. The zero-order valence-electron chi connectivity index (χ0n) is 16.6. The molecule has 2 aromatic carbocycles. The van der Waals surface area contributed by atoms with E-state index in [1.54, 1.807) is 49.4 Å². The van der Waals surface area contributed by atoms with E-state index in [1.165, 1.54) is 11.8 Å². The highest BCUT2D eigenvalue weighted by Crippen LogP contribution is 2.21. The molecule has 29 heavy (non-hydrogen) atoms. The van der Waals surface area contributed by atoms with Crippen molar-refractivity contribution in [2.45, 2.75) is 20.8 Å². The molecule has 0 unspecified atom stereocenters. The topological polar surface area (TPSA) is 87.7 Å². The summed E-state index contributed by atoms with van der Waals surface area (Å²) in [6, 6.07) is 11.9. The van der Waals surface area contributed by atoms with Crippen molar-refractivity contribution in [1.82, 2.24) is 4.90 Å². The SMILES string of the molecule is CCN(CC(=O)Nc1ccc(NC(C)=O)cc1)C(=O)COc1ccc(Cl)c(C)c1. The van der Waals surface area contributed by atoms with Crippen LogP contribution in [0, 0.1) is 6.92 Å². The van der Waals surface area contributed by atoms with Gasteiger partial charge in [0.1, 0.15) is 5.75 Å². The molecule has 0 heterocycles. The molecule has 154 valence electrons. The Morgan fingerprint density at radius 3 is 2.21 bits per heavy atom. The van der Waals surface area contributed by atoms with Gasteiger partial charge in [0, 0.05) is 29.9 Å². The first-order chi connectivity index (χ1) is 13.8. The van der Waals surface area contributed by atoms with Crippen LogP contribution in [0.1, 0.15) is 19.4 Å². The number of rotatable bonds is 8. The van der Waals surface area contributed by atoms with Gasteiger partial charge in [-0.15, -0.1) is 0 Å². The molecule has 2 aromatic rings. The van der Waals surface area contributed by atoms with Crippen LogP contribution in [0.25, 0.3) is 0 Å². The fourth-order valence-electron chi connectivity index (χ4n) is 2.53. The number of hydrogen-bond acceptors (Lipinski definition) is 4. The lowest BCUT2D eigenvalue weighted by atomic mass is 10.2. The number of benzene rings is 2. The fraction of sp³-hybridized carbons (Fsp3) is 0.286. The predicted molar refractivity (Wildman–Crippen MR) is 113 cm³/mol. The molecule has 0 atom stereocenters. The Hall–Kier alpha value is -3.06. The average molecular weight is 418 g/mol. The number of carbonyl (C=O) groups excluding carboxylic acids is 3. The molecule has 2 rings (SSSR count). The van der Waals surface area contributed by atoms with Crippen LogP contribution in [-0.2, 0) is 14.4 Å². The summed E-state index contributed by atoms with van der Waals surface area (Å²) in [5.74, 6) is -0.249. The molecule has 8 heteroatoms. The van der Waals surface area contributed by atoms with Crippen molar-refractivity contribution in [1.29, 1.82) is 0 Å². The summed E-state index contributed by atoms with van der Waals surface area (Å²) in [4.78, 5) is 37.1. The monoisotopic (exact) mass is 417 g/mol. The molecule has 0 bridgehead atoms. The van der Waals surface area contributed by atoms with Gasteiger partial charge >= 0.3 is 0 Å². The molecule has 0 aliphatic rings. The van der Waals surface area contributed by atoms with E-state index >= 15 is 0 Å². The van der Waals surface area contributed by atoms with Crippen LogP contribution < -0.4 is 15.4 Å². The number of aryl methyl sites for hydroxylation is 1. The lowest BCUT2D eigenvalue weighted by Crippen LogP contribution is -2.40. The number of hydrogen-bond donors (Lipinski definition) is 2. The molecule has 0 fully saturated rings. The standard InChI is InChI=1S/C21H24ClN3O4/c1-4-25(21(28)13-29-18-9-10-19(22)14(2)11-18)12-20(27)24-17-7-5-16(6-8-17)23-15(3)26/h5-11H,4,12-13H2,1-3H3,(H,23,26)(H,24,27). The molecule has 0 radical (unpaired) electrons. The molecule has 0 spiro atoms. The number of carbonyl (C=O) groups is 3. The van der Waals surface area contributed by atoms with Crippen molar-refractivity contribution >= 4 is 40.7 Å². The maximum absolute atomic E-state index is 12.4. The number of nitrogens with one attached hydrogen (secondary N) is 2. The van der Waals surface area contributed by atoms with Crippen LogP contribution in [-0.4, -0.2) is 42.3 Å².